The molecule has 0 aliphatic heterocycles. The third-order valence-corrected chi connectivity index (χ3v) is 4.97. The van der Waals surface area contributed by atoms with Gasteiger partial charge in [0.25, 0.3) is 5.91 Å². The van der Waals surface area contributed by atoms with E-state index in [2.05, 4.69) is 22.5 Å². The van der Waals surface area contributed by atoms with Gasteiger partial charge in [-0.3, -0.25) is 4.79 Å². The minimum Gasteiger partial charge on any atom is -0.382 e. The average Bonchev–Trinajstić information content (AvgIpc) is 2.81. The lowest BCUT2D eigenvalue weighted by atomic mass is 9.84. The maximum absolute atomic E-state index is 12.3. The molecule has 1 saturated carbocycles. The van der Waals surface area contributed by atoms with Gasteiger partial charge in [-0.2, -0.15) is 0 Å². The summed E-state index contributed by atoms with van der Waals surface area (Å²) in [4.78, 5) is 16.9. The van der Waals surface area contributed by atoms with Crippen molar-refractivity contribution < 1.29 is 4.79 Å². The fraction of sp³-hybridized carbons (Fsp3) is 0.714. The lowest BCUT2D eigenvalue weighted by Crippen LogP contribution is -2.37. The van der Waals surface area contributed by atoms with Crippen molar-refractivity contribution in [1.29, 1.82) is 0 Å². The smallest absolute Gasteiger partial charge is 0.265 e. The molecule has 1 heterocycles. The van der Waals surface area contributed by atoms with Gasteiger partial charge >= 0.3 is 0 Å². The Labute approximate surface area is 124 Å². The standard InChI is InChI=1S/C14H24N4OS/c1-3-9-5-7-10(8-6-9)17-13(19)11-12(15)18-14(20-11)16-4-2/h9-10H,3-8,15H2,1-2H3,(H,16,18)(H,17,19). The number of nitrogens with one attached hydrogen (secondary N) is 2. The molecule has 0 radical (unpaired) electrons. The second-order valence-electron chi connectivity index (χ2n) is 5.36. The summed E-state index contributed by atoms with van der Waals surface area (Å²) in [5, 5.41) is 6.90. The van der Waals surface area contributed by atoms with Gasteiger partial charge in [0.05, 0.1) is 0 Å². The van der Waals surface area contributed by atoms with Crippen LogP contribution in [0.1, 0.15) is 55.6 Å². The summed E-state index contributed by atoms with van der Waals surface area (Å²) >= 11 is 1.33. The lowest BCUT2D eigenvalue weighted by molar-refractivity contribution is 0.0926. The summed E-state index contributed by atoms with van der Waals surface area (Å²) in [6, 6.07) is 0.286. The van der Waals surface area contributed by atoms with E-state index in [0.717, 1.165) is 25.3 Å². The lowest BCUT2D eigenvalue weighted by Gasteiger charge is -2.28. The molecular formula is C14H24N4OS. The highest BCUT2D eigenvalue weighted by Crippen LogP contribution is 2.28. The van der Waals surface area contributed by atoms with Crippen molar-refractivity contribution in [3.63, 3.8) is 0 Å². The number of aromatic nitrogens is 1. The molecule has 1 aromatic rings. The summed E-state index contributed by atoms with van der Waals surface area (Å²) < 4.78 is 0. The molecule has 0 bridgehead atoms. The fourth-order valence-electron chi connectivity index (χ4n) is 2.69. The molecule has 0 atom stereocenters. The summed E-state index contributed by atoms with van der Waals surface area (Å²) in [5.41, 5.74) is 5.82. The average molecular weight is 296 g/mol. The van der Waals surface area contributed by atoms with Crippen LogP contribution in [0.4, 0.5) is 10.9 Å². The zero-order chi connectivity index (χ0) is 14.5. The molecule has 2 rings (SSSR count). The van der Waals surface area contributed by atoms with Gasteiger partial charge in [0.1, 0.15) is 10.7 Å². The molecule has 0 spiro atoms. The third kappa shape index (κ3) is 3.62. The number of carbonyl (C=O) groups excluding carboxylic acids is 1. The Bertz CT molecular complexity index is 452. The number of thiazole rings is 1. The van der Waals surface area contributed by atoms with E-state index in [1.165, 1.54) is 30.6 Å². The van der Waals surface area contributed by atoms with Crippen LogP contribution in [0.15, 0.2) is 0 Å². The number of amides is 1. The summed E-state index contributed by atoms with van der Waals surface area (Å²) in [6.45, 7) is 5.00. The number of anilines is 2. The Morgan fingerprint density at radius 3 is 2.65 bits per heavy atom. The van der Waals surface area contributed by atoms with E-state index >= 15 is 0 Å². The van der Waals surface area contributed by atoms with E-state index in [9.17, 15) is 4.79 Å². The van der Waals surface area contributed by atoms with Gasteiger partial charge in [-0.1, -0.05) is 24.7 Å². The van der Waals surface area contributed by atoms with E-state index < -0.39 is 0 Å². The molecule has 112 valence electrons. The number of nitrogens with two attached hydrogens (primary N) is 1. The minimum absolute atomic E-state index is 0.0795. The van der Waals surface area contributed by atoms with Crippen LogP contribution in [0.3, 0.4) is 0 Å². The topological polar surface area (TPSA) is 80.0 Å². The van der Waals surface area contributed by atoms with Crippen molar-refractivity contribution in [1.82, 2.24) is 10.3 Å². The molecule has 1 aliphatic rings. The molecular weight excluding hydrogens is 272 g/mol. The Kier molecular flexibility index (Phi) is 5.23. The van der Waals surface area contributed by atoms with Gasteiger partial charge in [-0.25, -0.2) is 4.98 Å². The first kappa shape index (κ1) is 15.1. The van der Waals surface area contributed by atoms with Crippen LogP contribution in [0, 0.1) is 5.92 Å². The van der Waals surface area contributed by atoms with Gasteiger partial charge in [-0.15, -0.1) is 0 Å². The maximum atomic E-state index is 12.3. The van der Waals surface area contributed by atoms with Gasteiger partial charge in [0.15, 0.2) is 5.13 Å². The van der Waals surface area contributed by atoms with E-state index in [1.807, 2.05) is 6.92 Å². The van der Waals surface area contributed by atoms with Crippen molar-refractivity contribution in [2.24, 2.45) is 5.92 Å². The number of hydrogen-bond acceptors (Lipinski definition) is 5. The van der Waals surface area contributed by atoms with E-state index in [0.29, 0.717) is 15.8 Å². The van der Waals surface area contributed by atoms with E-state index in [-0.39, 0.29) is 11.9 Å². The fourth-order valence-corrected chi connectivity index (χ4v) is 3.54. The molecule has 1 amide bonds. The van der Waals surface area contributed by atoms with Crippen LogP contribution in [-0.2, 0) is 0 Å². The van der Waals surface area contributed by atoms with Gasteiger partial charge in [0.2, 0.25) is 0 Å². The maximum Gasteiger partial charge on any atom is 0.265 e. The van der Waals surface area contributed by atoms with Crippen LogP contribution >= 0.6 is 11.3 Å². The van der Waals surface area contributed by atoms with Crippen LogP contribution in [0.2, 0.25) is 0 Å². The van der Waals surface area contributed by atoms with Crippen molar-refractivity contribution in [3.8, 4) is 0 Å². The van der Waals surface area contributed by atoms with Crippen LogP contribution in [-0.4, -0.2) is 23.5 Å². The highest BCUT2D eigenvalue weighted by atomic mass is 32.1. The Morgan fingerprint density at radius 1 is 1.35 bits per heavy atom. The molecule has 1 aliphatic carbocycles. The van der Waals surface area contributed by atoms with Gasteiger partial charge in [-0.05, 0) is 38.5 Å². The molecule has 4 N–H and O–H groups in total. The van der Waals surface area contributed by atoms with Crippen molar-refractivity contribution in [2.75, 3.05) is 17.6 Å². The highest BCUT2D eigenvalue weighted by Gasteiger charge is 2.23. The molecule has 20 heavy (non-hydrogen) atoms. The number of hydrogen-bond donors (Lipinski definition) is 3. The monoisotopic (exact) mass is 296 g/mol. The van der Waals surface area contributed by atoms with Crippen LogP contribution in [0.5, 0.6) is 0 Å². The van der Waals surface area contributed by atoms with E-state index in [4.69, 9.17) is 5.73 Å². The number of carbonyl (C=O) groups is 1. The number of nitrogen functional groups attached to an aromatic ring is 1. The summed E-state index contributed by atoms with van der Waals surface area (Å²) in [5.74, 6) is 1.08. The normalized spacial score (nSPS) is 22.5. The predicted octanol–water partition coefficient (Wildman–Crippen LogP) is 2.86. The summed E-state index contributed by atoms with van der Waals surface area (Å²) in [7, 11) is 0. The first-order valence-electron chi connectivity index (χ1n) is 7.45. The second kappa shape index (κ2) is 6.92. The molecule has 0 saturated heterocycles. The van der Waals surface area contributed by atoms with Gasteiger partial charge in [0, 0.05) is 12.6 Å². The molecule has 1 fully saturated rings. The molecule has 6 heteroatoms. The molecule has 5 nitrogen and oxygen atoms in total. The second-order valence-corrected chi connectivity index (χ2v) is 6.36. The van der Waals surface area contributed by atoms with Crippen LogP contribution < -0.4 is 16.4 Å². The zero-order valence-electron chi connectivity index (χ0n) is 12.2. The Morgan fingerprint density at radius 2 is 2.05 bits per heavy atom. The van der Waals surface area contributed by atoms with Gasteiger partial charge < -0.3 is 16.4 Å². The molecule has 1 aromatic heterocycles. The zero-order valence-corrected chi connectivity index (χ0v) is 13.1. The number of nitrogens with zero attached hydrogens (tertiary/aromatic N) is 1. The van der Waals surface area contributed by atoms with Crippen molar-refractivity contribution >= 4 is 28.2 Å². The molecule has 0 aromatic carbocycles. The highest BCUT2D eigenvalue weighted by molar-refractivity contribution is 7.18. The number of rotatable bonds is 5. The minimum atomic E-state index is -0.0795. The summed E-state index contributed by atoms with van der Waals surface area (Å²) in [6.07, 6.45) is 5.81. The Balaban J connectivity index is 1.91. The van der Waals surface area contributed by atoms with Crippen molar-refractivity contribution in [3.05, 3.63) is 4.88 Å². The quantitative estimate of drug-likeness (QED) is 0.780. The van der Waals surface area contributed by atoms with Crippen LogP contribution in [0.25, 0.3) is 0 Å². The van der Waals surface area contributed by atoms with Crippen molar-refractivity contribution in [2.45, 2.75) is 52.0 Å². The largest absolute Gasteiger partial charge is 0.382 e. The molecule has 0 unspecified atom stereocenters. The Hall–Kier alpha value is -1.30. The third-order valence-electron chi connectivity index (χ3n) is 3.95. The first-order chi connectivity index (χ1) is 9.63. The van der Waals surface area contributed by atoms with E-state index in [1.54, 1.807) is 0 Å². The SMILES string of the molecule is CCNc1nc(N)c(C(=O)NC2CCC(CC)CC2)s1. The predicted molar refractivity (Wildman–Crippen MR) is 84.2 cm³/mol. The first-order valence-corrected chi connectivity index (χ1v) is 8.26.